The maximum Gasteiger partial charge on any atom is 0.251 e. The number of halogens is 1. The number of piperidine rings is 1. The number of nitrogens with one attached hydrogen (secondary N) is 2. The zero-order valence-corrected chi connectivity index (χ0v) is 12.4. The molecule has 1 aromatic carbocycles. The molecule has 0 aliphatic carbocycles. The molecule has 2 N–H and O–H groups in total. The zero-order valence-electron chi connectivity index (χ0n) is 12.4. The second-order valence-corrected chi connectivity index (χ2v) is 6.27. The Morgan fingerprint density at radius 3 is 2.90 bits per heavy atom. The molecule has 0 saturated carbocycles. The molecule has 1 amide bonds. The van der Waals surface area contributed by atoms with Crippen molar-refractivity contribution in [3.63, 3.8) is 0 Å². The van der Waals surface area contributed by atoms with Gasteiger partial charge in [-0.2, -0.15) is 0 Å². The van der Waals surface area contributed by atoms with Gasteiger partial charge in [-0.05, 0) is 55.5 Å². The molecular weight excluding hydrogens is 255 g/mol. The van der Waals surface area contributed by atoms with Gasteiger partial charge in [0.05, 0.1) is 0 Å². The third-order valence-electron chi connectivity index (χ3n) is 4.23. The number of hydrogen-bond donors (Lipinski definition) is 2. The van der Waals surface area contributed by atoms with E-state index in [2.05, 4.69) is 24.5 Å². The van der Waals surface area contributed by atoms with E-state index in [-0.39, 0.29) is 23.2 Å². The van der Waals surface area contributed by atoms with Gasteiger partial charge in [-0.15, -0.1) is 0 Å². The van der Waals surface area contributed by atoms with Crippen LogP contribution in [0.3, 0.4) is 0 Å². The van der Waals surface area contributed by atoms with Crippen molar-refractivity contribution in [3.8, 4) is 0 Å². The summed E-state index contributed by atoms with van der Waals surface area (Å²) in [5, 5.41) is 6.43. The van der Waals surface area contributed by atoms with E-state index in [0.29, 0.717) is 17.7 Å². The number of rotatable bonds is 3. The van der Waals surface area contributed by atoms with Gasteiger partial charge >= 0.3 is 0 Å². The van der Waals surface area contributed by atoms with Gasteiger partial charge in [0.1, 0.15) is 5.82 Å². The largest absolute Gasteiger partial charge is 0.350 e. The highest BCUT2D eigenvalue weighted by atomic mass is 19.1. The molecule has 0 spiro atoms. The molecule has 1 atom stereocenters. The van der Waals surface area contributed by atoms with Crippen LogP contribution in [0, 0.1) is 18.2 Å². The quantitative estimate of drug-likeness (QED) is 0.892. The van der Waals surface area contributed by atoms with Crippen molar-refractivity contribution in [2.24, 2.45) is 5.41 Å². The van der Waals surface area contributed by atoms with E-state index in [1.165, 1.54) is 18.6 Å². The smallest absolute Gasteiger partial charge is 0.251 e. The summed E-state index contributed by atoms with van der Waals surface area (Å²) in [6.07, 6.45) is 2.34. The summed E-state index contributed by atoms with van der Waals surface area (Å²) < 4.78 is 13.0. The number of hydrogen-bond acceptors (Lipinski definition) is 2. The lowest BCUT2D eigenvalue weighted by atomic mass is 9.77. The van der Waals surface area contributed by atoms with Crippen LogP contribution in [0.4, 0.5) is 4.39 Å². The summed E-state index contributed by atoms with van der Waals surface area (Å²) in [7, 11) is 0. The van der Waals surface area contributed by atoms with Gasteiger partial charge in [0.25, 0.3) is 5.91 Å². The molecule has 110 valence electrons. The highest BCUT2D eigenvalue weighted by Crippen LogP contribution is 2.29. The first kappa shape index (κ1) is 15.0. The molecule has 1 saturated heterocycles. The minimum absolute atomic E-state index is 0.134. The standard InChI is InChI=1S/C16H23FN2O/c1-11-9-12(17)5-6-13(11)15(20)19-10-14-16(2,3)7-4-8-18-14/h5-6,9,14,18H,4,7-8,10H2,1-3H3,(H,19,20). The highest BCUT2D eigenvalue weighted by Gasteiger charge is 2.32. The normalized spacial score (nSPS) is 21.5. The lowest BCUT2D eigenvalue weighted by molar-refractivity contribution is 0.0928. The van der Waals surface area contributed by atoms with Crippen LogP contribution in [0.1, 0.15) is 42.6 Å². The van der Waals surface area contributed by atoms with Crippen LogP contribution < -0.4 is 10.6 Å². The van der Waals surface area contributed by atoms with Crippen molar-refractivity contribution in [1.29, 1.82) is 0 Å². The van der Waals surface area contributed by atoms with Crippen molar-refractivity contribution in [3.05, 3.63) is 35.1 Å². The van der Waals surface area contributed by atoms with Crippen molar-refractivity contribution in [2.75, 3.05) is 13.1 Å². The van der Waals surface area contributed by atoms with Crippen molar-refractivity contribution < 1.29 is 9.18 Å². The Morgan fingerprint density at radius 2 is 2.25 bits per heavy atom. The van der Waals surface area contributed by atoms with E-state index in [0.717, 1.165) is 13.0 Å². The molecule has 4 heteroatoms. The fraction of sp³-hybridized carbons (Fsp3) is 0.562. The van der Waals surface area contributed by atoms with Crippen LogP contribution in [0.5, 0.6) is 0 Å². The molecule has 1 unspecified atom stereocenters. The second kappa shape index (κ2) is 5.92. The number of amides is 1. The summed E-state index contributed by atoms with van der Waals surface area (Å²) in [6, 6.07) is 4.53. The molecule has 1 aromatic rings. The number of carbonyl (C=O) groups is 1. The molecule has 1 heterocycles. The van der Waals surface area contributed by atoms with E-state index in [1.54, 1.807) is 13.0 Å². The fourth-order valence-corrected chi connectivity index (χ4v) is 2.79. The van der Waals surface area contributed by atoms with Gasteiger partial charge in [-0.1, -0.05) is 13.8 Å². The Morgan fingerprint density at radius 1 is 1.50 bits per heavy atom. The maximum atomic E-state index is 13.0. The van der Waals surface area contributed by atoms with Gasteiger partial charge in [0.2, 0.25) is 0 Å². The minimum atomic E-state index is -0.311. The van der Waals surface area contributed by atoms with Gasteiger partial charge in [0.15, 0.2) is 0 Å². The summed E-state index contributed by atoms with van der Waals surface area (Å²) in [5.41, 5.74) is 1.39. The average Bonchev–Trinajstić information content (AvgIpc) is 2.36. The van der Waals surface area contributed by atoms with E-state index in [9.17, 15) is 9.18 Å². The Bertz CT molecular complexity index is 499. The Labute approximate surface area is 120 Å². The lowest BCUT2D eigenvalue weighted by Crippen LogP contribution is -2.52. The van der Waals surface area contributed by atoms with E-state index < -0.39 is 0 Å². The number of benzene rings is 1. The van der Waals surface area contributed by atoms with Gasteiger partial charge < -0.3 is 10.6 Å². The average molecular weight is 278 g/mol. The van der Waals surface area contributed by atoms with E-state index >= 15 is 0 Å². The number of carbonyl (C=O) groups excluding carboxylic acids is 1. The summed E-state index contributed by atoms with van der Waals surface area (Å²) in [5.74, 6) is -0.445. The third-order valence-corrected chi connectivity index (χ3v) is 4.23. The van der Waals surface area contributed by atoms with Crippen LogP contribution in [-0.4, -0.2) is 25.0 Å². The van der Waals surface area contributed by atoms with Gasteiger partial charge in [0, 0.05) is 18.2 Å². The van der Waals surface area contributed by atoms with Gasteiger partial charge in [-0.25, -0.2) is 4.39 Å². The van der Waals surface area contributed by atoms with Crippen LogP contribution in [-0.2, 0) is 0 Å². The summed E-state index contributed by atoms with van der Waals surface area (Å²) in [6.45, 7) is 7.79. The van der Waals surface area contributed by atoms with Crippen LogP contribution in [0.2, 0.25) is 0 Å². The summed E-state index contributed by atoms with van der Waals surface area (Å²) >= 11 is 0. The second-order valence-electron chi connectivity index (χ2n) is 6.27. The predicted octanol–water partition coefficient (Wildman–Crippen LogP) is 2.64. The monoisotopic (exact) mass is 278 g/mol. The number of aryl methyl sites for hydroxylation is 1. The van der Waals surface area contributed by atoms with E-state index in [4.69, 9.17) is 0 Å². The van der Waals surface area contributed by atoms with Crippen molar-refractivity contribution in [2.45, 2.75) is 39.7 Å². The first-order valence-electron chi connectivity index (χ1n) is 7.18. The SMILES string of the molecule is Cc1cc(F)ccc1C(=O)NCC1NCCCC1(C)C. The topological polar surface area (TPSA) is 41.1 Å². The van der Waals surface area contributed by atoms with Crippen LogP contribution in [0.25, 0.3) is 0 Å². The van der Waals surface area contributed by atoms with Crippen LogP contribution in [0.15, 0.2) is 18.2 Å². The molecule has 20 heavy (non-hydrogen) atoms. The maximum absolute atomic E-state index is 13.0. The molecule has 0 radical (unpaired) electrons. The fourth-order valence-electron chi connectivity index (χ4n) is 2.79. The lowest BCUT2D eigenvalue weighted by Gasteiger charge is -2.39. The van der Waals surface area contributed by atoms with Crippen molar-refractivity contribution in [1.82, 2.24) is 10.6 Å². The van der Waals surface area contributed by atoms with Crippen molar-refractivity contribution >= 4 is 5.91 Å². The summed E-state index contributed by atoms with van der Waals surface area (Å²) in [4.78, 5) is 12.2. The first-order chi connectivity index (χ1) is 9.40. The van der Waals surface area contributed by atoms with E-state index in [1.807, 2.05) is 0 Å². The Hall–Kier alpha value is -1.42. The highest BCUT2D eigenvalue weighted by molar-refractivity contribution is 5.95. The molecule has 2 rings (SSSR count). The molecule has 1 fully saturated rings. The Kier molecular flexibility index (Phi) is 4.43. The molecule has 0 bridgehead atoms. The van der Waals surface area contributed by atoms with Crippen LogP contribution >= 0.6 is 0 Å². The molecule has 1 aliphatic heterocycles. The molecule has 0 aromatic heterocycles. The molecule has 1 aliphatic rings. The minimum Gasteiger partial charge on any atom is -0.350 e. The van der Waals surface area contributed by atoms with Gasteiger partial charge in [-0.3, -0.25) is 4.79 Å². The zero-order chi connectivity index (χ0) is 14.8. The molecular formula is C16H23FN2O. The molecule has 3 nitrogen and oxygen atoms in total. The first-order valence-corrected chi connectivity index (χ1v) is 7.18. The third kappa shape index (κ3) is 3.37. The Balaban J connectivity index is 1.98. The predicted molar refractivity (Wildman–Crippen MR) is 78.3 cm³/mol.